The van der Waals surface area contributed by atoms with Gasteiger partial charge in [-0.3, -0.25) is 4.79 Å². The number of thiophene rings is 1. The van der Waals surface area contributed by atoms with Gasteiger partial charge in [0.05, 0.1) is 24.5 Å². The van der Waals surface area contributed by atoms with Crippen LogP contribution in [-0.2, 0) is 17.6 Å². The van der Waals surface area contributed by atoms with Crippen molar-refractivity contribution < 1.29 is 18.7 Å². The molecule has 206 valence electrons. The van der Waals surface area contributed by atoms with Crippen molar-refractivity contribution >= 4 is 51.7 Å². The first-order valence-corrected chi connectivity index (χ1v) is 14.4. The Labute approximate surface area is 243 Å². The van der Waals surface area contributed by atoms with Crippen LogP contribution in [0.1, 0.15) is 64.1 Å². The highest BCUT2D eigenvalue weighted by Gasteiger charge is 2.33. The number of rotatable bonds is 6. The van der Waals surface area contributed by atoms with Crippen LogP contribution >= 0.6 is 22.9 Å². The zero-order valence-corrected chi connectivity index (χ0v) is 24.5. The molecule has 2 aromatic carbocycles. The van der Waals surface area contributed by atoms with Crippen LogP contribution in [0.4, 0.5) is 10.7 Å². The molecule has 40 heavy (non-hydrogen) atoms. The van der Waals surface area contributed by atoms with Crippen molar-refractivity contribution in [1.82, 2.24) is 0 Å². The fraction of sp³-hybridized carbons (Fsp3) is 0.281. The van der Waals surface area contributed by atoms with Crippen LogP contribution in [-0.4, -0.2) is 25.2 Å². The molecular formula is C32H31ClN2O4S. The topological polar surface area (TPSA) is 80.9 Å². The molecule has 0 fully saturated rings. The Hall–Kier alpha value is -3.68. The third-order valence-corrected chi connectivity index (χ3v) is 8.72. The van der Waals surface area contributed by atoms with Gasteiger partial charge in [-0.2, -0.15) is 0 Å². The number of furan rings is 1. The molecule has 1 aliphatic rings. The first-order valence-electron chi connectivity index (χ1n) is 13.2. The molecule has 1 N–H and O–H groups in total. The predicted octanol–water partition coefficient (Wildman–Crippen LogP) is 8.60. The largest absolute Gasteiger partial charge is 0.465 e. The van der Waals surface area contributed by atoms with E-state index in [1.54, 1.807) is 47.9 Å². The minimum absolute atomic E-state index is 0.160. The van der Waals surface area contributed by atoms with Crippen molar-refractivity contribution in [3.05, 3.63) is 93.0 Å². The number of nitrogens with one attached hydrogen (secondary N) is 1. The molecule has 2 aromatic heterocycles. The Balaban J connectivity index is 1.48. The molecule has 6 nitrogen and oxygen atoms in total. The number of hydrogen-bond acceptors (Lipinski definition) is 6. The van der Waals surface area contributed by atoms with Crippen LogP contribution in [0, 0.1) is 11.3 Å². The summed E-state index contributed by atoms with van der Waals surface area (Å²) in [6.45, 7) is 6.83. The van der Waals surface area contributed by atoms with Gasteiger partial charge in [0.2, 0.25) is 0 Å². The standard InChI is InChI=1S/C32H31ClN2O4S/c1-32(2,3)19-10-13-24-27(16-19)40-30(28(24)29(36)35-21-8-6-5-7-9-21)34-18-22-12-15-26(39-22)25-17-20(33)11-14-23(25)31(37)38-4/h5-9,11-12,14-15,17-19H,10,13,16H2,1-4H3,(H,35,36)/t19-/m0/s1. The van der Waals surface area contributed by atoms with Crippen molar-refractivity contribution in [2.45, 2.75) is 40.0 Å². The normalized spacial score (nSPS) is 15.2. The van der Waals surface area contributed by atoms with Gasteiger partial charge in [-0.15, -0.1) is 11.3 Å². The number of methoxy groups -OCH3 is 1. The van der Waals surface area contributed by atoms with Crippen LogP contribution in [0.15, 0.2) is 70.1 Å². The molecular weight excluding hydrogens is 544 g/mol. The van der Waals surface area contributed by atoms with Crippen LogP contribution in [0.3, 0.4) is 0 Å². The number of anilines is 1. The van der Waals surface area contributed by atoms with E-state index >= 15 is 0 Å². The summed E-state index contributed by atoms with van der Waals surface area (Å²) in [5.41, 5.74) is 3.52. The molecule has 5 rings (SSSR count). The number of halogens is 1. The van der Waals surface area contributed by atoms with Crippen molar-refractivity contribution in [1.29, 1.82) is 0 Å². The van der Waals surface area contributed by atoms with E-state index in [9.17, 15) is 9.59 Å². The molecule has 0 radical (unpaired) electrons. The minimum atomic E-state index is -0.481. The van der Waals surface area contributed by atoms with E-state index in [1.165, 1.54) is 12.0 Å². The van der Waals surface area contributed by atoms with Gasteiger partial charge in [-0.05, 0) is 78.6 Å². The van der Waals surface area contributed by atoms with Gasteiger partial charge in [-0.25, -0.2) is 9.79 Å². The lowest BCUT2D eigenvalue weighted by atomic mass is 9.72. The second-order valence-electron chi connectivity index (χ2n) is 11.0. The van der Waals surface area contributed by atoms with Crippen LogP contribution < -0.4 is 5.32 Å². The first-order chi connectivity index (χ1) is 19.1. The summed E-state index contributed by atoms with van der Waals surface area (Å²) in [5, 5.41) is 4.17. The highest BCUT2D eigenvalue weighted by Crippen LogP contribution is 2.45. The monoisotopic (exact) mass is 574 g/mol. The van der Waals surface area contributed by atoms with Crippen LogP contribution in [0.2, 0.25) is 5.02 Å². The van der Waals surface area contributed by atoms with Gasteiger partial charge in [0.1, 0.15) is 16.5 Å². The number of aliphatic imine (C=N–C) groups is 1. The molecule has 0 saturated carbocycles. The van der Waals surface area contributed by atoms with Crippen molar-refractivity contribution in [2.24, 2.45) is 16.3 Å². The Kier molecular flexibility index (Phi) is 7.97. The highest BCUT2D eigenvalue weighted by atomic mass is 35.5. The summed E-state index contributed by atoms with van der Waals surface area (Å²) in [4.78, 5) is 31.8. The Morgan fingerprint density at radius 2 is 1.90 bits per heavy atom. The molecule has 0 spiro atoms. The van der Waals surface area contributed by atoms with Crippen molar-refractivity contribution in [3.8, 4) is 11.3 Å². The van der Waals surface area contributed by atoms with Gasteiger partial charge < -0.3 is 14.5 Å². The van der Waals surface area contributed by atoms with Crippen molar-refractivity contribution in [2.75, 3.05) is 12.4 Å². The Morgan fingerprint density at radius 3 is 2.62 bits per heavy atom. The molecule has 1 amide bonds. The van der Waals surface area contributed by atoms with E-state index in [1.807, 2.05) is 30.3 Å². The van der Waals surface area contributed by atoms with E-state index < -0.39 is 5.97 Å². The number of esters is 1. The second kappa shape index (κ2) is 11.4. The third-order valence-electron chi connectivity index (χ3n) is 7.32. The highest BCUT2D eigenvalue weighted by molar-refractivity contribution is 7.16. The van der Waals surface area contributed by atoms with E-state index in [0.29, 0.717) is 44.2 Å². The van der Waals surface area contributed by atoms with Crippen molar-refractivity contribution in [3.63, 3.8) is 0 Å². The summed E-state index contributed by atoms with van der Waals surface area (Å²) in [5.74, 6) is 0.843. The van der Waals surface area contributed by atoms with Crippen LogP contribution in [0.25, 0.3) is 11.3 Å². The summed E-state index contributed by atoms with van der Waals surface area (Å²) >= 11 is 7.77. The molecule has 1 aliphatic carbocycles. The number of ether oxygens (including phenoxy) is 1. The van der Waals surface area contributed by atoms with Gasteiger partial charge in [0, 0.05) is 21.2 Å². The molecule has 0 bridgehead atoms. The summed E-state index contributed by atoms with van der Waals surface area (Å²) < 4.78 is 10.9. The van der Waals surface area contributed by atoms with E-state index in [2.05, 4.69) is 26.1 Å². The number of fused-ring (bicyclic) bond motifs is 1. The van der Waals surface area contributed by atoms with Gasteiger partial charge in [0.25, 0.3) is 5.91 Å². The fourth-order valence-corrected chi connectivity index (χ4v) is 6.49. The smallest absolute Gasteiger partial charge is 0.338 e. The van der Waals surface area contributed by atoms with Crippen LogP contribution in [0.5, 0.6) is 0 Å². The number of para-hydroxylation sites is 1. The summed E-state index contributed by atoms with van der Waals surface area (Å²) in [7, 11) is 1.33. The lowest BCUT2D eigenvalue weighted by Crippen LogP contribution is -2.27. The van der Waals surface area contributed by atoms with E-state index in [0.717, 1.165) is 30.5 Å². The fourth-order valence-electron chi connectivity index (χ4n) is 5.05. The molecule has 2 heterocycles. The van der Waals surface area contributed by atoms with E-state index in [4.69, 9.17) is 25.7 Å². The Morgan fingerprint density at radius 1 is 1.12 bits per heavy atom. The number of carbonyl (C=O) groups excluding carboxylic acids is 2. The van der Waals surface area contributed by atoms with E-state index in [-0.39, 0.29) is 11.3 Å². The number of nitrogens with zero attached hydrogens (tertiary/aromatic N) is 1. The first kappa shape index (κ1) is 27.9. The maximum Gasteiger partial charge on any atom is 0.338 e. The number of benzene rings is 2. The molecule has 0 aliphatic heterocycles. The molecule has 8 heteroatoms. The predicted molar refractivity (Wildman–Crippen MR) is 161 cm³/mol. The molecule has 0 saturated heterocycles. The quantitative estimate of drug-likeness (QED) is 0.185. The third kappa shape index (κ3) is 5.91. The summed E-state index contributed by atoms with van der Waals surface area (Å²) in [6, 6.07) is 17.9. The lowest BCUT2D eigenvalue weighted by molar-refractivity contribution is 0.0601. The minimum Gasteiger partial charge on any atom is -0.465 e. The molecule has 4 aromatic rings. The Bertz CT molecular complexity index is 1580. The molecule has 0 unspecified atom stereocenters. The zero-order chi connectivity index (χ0) is 28.4. The number of carbonyl (C=O) groups is 2. The lowest BCUT2D eigenvalue weighted by Gasteiger charge is -2.33. The van der Waals surface area contributed by atoms with Gasteiger partial charge in [0.15, 0.2) is 0 Å². The second-order valence-corrected chi connectivity index (χ2v) is 12.5. The maximum absolute atomic E-state index is 13.6. The van der Waals surface area contributed by atoms with Gasteiger partial charge >= 0.3 is 5.97 Å². The average molecular weight is 575 g/mol. The number of amides is 1. The SMILES string of the molecule is COC(=O)c1ccc(Cl)cc1-c1ccc(C=Nc2sc3c(c2C(=O)Nc2ccccc2)CC[C@H](C(C)(C)C)C3)o1. The van der Waals surface area contributed by atoms with Gasteiger partial charge in [-0.1, -0.05) is 50.6 Å². The number of hydrogen-bond donors (Lipinski definition) is 1. The zero-order valence-electron chi connectivity index (χ0n) is 22.9. The maximum atomic E-state index is 13.6. The molecule has 1 atom stereocenters. The average Bonchev–Trinajstić information content (AvgIpc) is 3.55. The summed E-state index contributed by atoms with van der Waals surface area (Å²) in [6.07, 6.45) is 4.42.